The fourth-order valence-corrected chi connectivity index (χ4v) is 3.95. The number of hydrogen-bond donors (Lipinski definition) is 3. The lowest BCUT2D eigenvalue weighted by molar-refractivity contribution is -0.192. The molecule has 0 heterocycles. The van der Waals surface area contributed by atoms with Gasteiger partial charge in [-0.1, -0.05) is 48.3 Å². The first-order valence-corrected chi connectivity index (χ1v) is 12.3. The Labute approximate surface area is 183 Å². The van der Waals surface area contributed by atoms with Gasteiger partial charge in [-0.25, -0.2) is 4.79 Å². The Kier molecular flexibility index (Phi) is 20.5. The van der Waals surface area contributed by atoms with E-state index in [4.69, 9.17) is 15.0 Å². The lowest BCUT2D eigenvalue weighted by atomic mass is 10.2. The number of carboxylic acids is 2. The fourth-order valence-electron chi connectivity index (χ4n) is 2.06. The van der Waals surface area contributed by atoms with Crippen LogP contribution in [-0.2, 0) is 14.4 Å². The van der Waals surface area contributed by atoms with Gasteiger partial charge in [-0.2, -0.15) is 13.2 Å². The number of carboxylic acid groups (broad SMARTS) is 2. The zero-order valence-corrected chi connectivity index (χ0v) is 19.1. The van der Waals surface area contributed by atoms with E-state index in [0.717, 1.165) is 31.8 Å². The molecule has 7 nitrogen and oxygen atoms in total. The number of hydrogen-bond acceptors (Lipinski definition) is 6. The molecule has 0 aromatic rings. The Morgan fingerprint density at radius 1 is 0.900 bits per heavy atom. The Morgan fingerprint density at radius 3 is 2.00 bits per heavy atom. The summed E-state index contributed by atoms with van der Waals surface area (Å²) in [6.07, 6.45) is 0.477. The number of rotatable bonds is 16. The molecule has 0 aliphatic heterocycles. The van der Waals surface area contributed by atoms with Gasteiger partial charge in [0.05, 0.1) is 6.42 Å². The van der Waals surface area contributed by atoms with Gasteiger partial charge in [0.25, 0.3) is 0 Å². The maximum Gasteiger partial charge on any atom is 0.490 e. The summed E-state index contributed by atoms with van der Waals surface area (Å²) in [4.78, 5) is 33.5. The van der Waals surface area contributed by atoms with Crippen molar-refractivity contribution in [3.63, 3.8) is 0 Å². The van der Waals surface area contributed by atoms with Crippen LogP contribution in [0.15, 0.2) is 0 Å². The summed E-state index contributed by atoms with van der Waals surface area (Å²) in [5.41, 5.74) is 0. The third-order valence-electron chi connectivity index (χ3n) is 3.51. The highest BCUT2D eigenvalue weighted by atomic mass is 33.1. The molecule has 30 heavy (non-hydrogen) atoms. The van der Waals surface area contributed by atoms with Crippen LogP contribution >= 0.6 is 21.6 Å². The van der Waals surface area contributed by atoms with Gasteiger partial charge in [0.1, 0.15) is 0 Å². The van der Waals surface area contributed by atoms with Crippen LogP contribution < -0.4 is 5.32 Å². The summed E-state index contributed by atoms with van der Waals surface area (Å²) in [5, 5.41) is 18.6. The van der Waals surface area contributed by atoms with Crippen LogP contribution in [0.1, 0.15) is 52.4 Å². The Morgan fingerprint density at radius 2 is 1.50 bits per heavy atom. The van der Waals surface area contributed by atoms with Gasteiger partial charge < -0.3 is 20.4 Å². The first-order chi connectivity index (χ1) is 14.0. The second-order valence-electron chi connectivity index (χ2n) is 6.24. The third kappa shape index (κ3) is 23.1. The van der Waals surface area contributed by atoms with E-state index in [-0.39, 0.29) is 12.3 Å². The number of amides is 1. The fraction of sp³-hybridized carbons (Fsp3) is 0.833. The molecule has 178 valence electrons. The van der Waals surface area contributed by atoms with Crippen LogP contribution in [0.25, 0.3) is 0 Å². The zero-order chi connectivity index (χ0) is 23.4. The number of unbranched alkanes of at least 4 members (excludes halogenated alkanes) is 2. The average molecular weight is 479 g/mol. The summed E-state index contributed by atoms with van der Waals surface area (Å²) in [7, 11) is 3.16. The van der Waals surface area contributed by atoms with Crippen molar-refractivity contribution in [3.8, 4) is 0 Å². The molecule has 0 bridgehead atoms. The van der Waals surface area contributed by atoms with Crippen molar-refractivity contribution in [2.75, 3.05) is 37.7 Å². The molecule has 0 saturated heterocycles. The van der Waals surface area contributed by atoms with Crippen LogP contribution in [0.5, 0.6) is 0 Å². The molecule has 0 atom stereocenters. The van der Waals surface area contributed by atoms with Crippen molar-refractivity contribution < 1.29 is 37.8 Å². The minimum atomic E-state index is -5.08. The first kappa shape index (κ1) is 31.0. The SMILES string of the molecule is CCCCCN(CCC)CCC(=O)NCCSSCCC(=O)O.O=C(O)C(F)(F)F. The van der Waals surface area contributed by atoms with E-state index in [1.54, 1.807) is 21.6 Å². The number of halogens is 3. The molecule has 3 N–H and O–H groups in total. The lowest BCUT2D eigenvalue weighted by Gasteiger charge is -2.21. The first-order valence-electron chi connectivity index (χ1n) is 9.79. The summed E-state index contributed by atoms with van der Waals surface area (Å²) in [5.74, 6) is -1.99. The van der Waals surface area contributed by atoms with Crippen molar-refractivity contribution in [3.05, 3.63) is 0 Å². The molecule has 0 rings (SSSR count). The number of nitrogens with one attached hydrogen (secondary N) is 1. The van der Waals surface area contributed by atoms with Gasteiger partial charge >= 0.3 is 18.1 Å². The number of nitrogens with zero attached hydrogens (tertiary/aromatic N) is 1. The van der Waals surface area contributed by atoms with E-state index in [9.17, 15) is 22.8 Å². The molecule has 12 heteroatoms. The molecule has 0 saturated carbocycles. The minimum Gasteiger partial charge on any atom is -0.481 e. The standard InChI is InChI=1S/C16H32N2O3S2.C2HF3O2/c1-3-5-6-11-18(10-4-2)12-7-15(19)17-9-14-23-22-13-8-16(20)21;3-2(4,5)1(6)7/h3-14H2,1-2H3,(H,17,19)(H,20,21);(H,6,7). The largest absolute Gasteiger partial charge is 0.490 e. The average Bonchev–Trinajstić information content (AvgIpc) is 2.65. The molecule has 0 aliphatic carbocycles. The Hall–Kier alpha value is -1.14. The van der Waals surface area contributed by atoms with Gasteiger partial charge in [-0.05, 0) is 25.9 Å². The normalized spacial score (nSPS) is 11.0. The van der Waals surface area contributed by atoms with E-state index in [2.05, 4.69) is 24.1 Å². The number of alkyl halides is 3. The van der Waals surface area contributed by atoms with Gasteiger partial charge in [0, 0.05) is 31.0 Å². The smallest absolute Gasteiger partial charge is 0.481 e. The highest BCUT2D eigenvalue weighted by Crippen LogP contribution is 2.20. The molecule has 0 fully saturated rings. The van der Waals surface area contributed by atoms with Crippen LogP contribution in [0.2, 0.25) is 0 Å². The van der Waals surface area contributed by atoms with Crippen LogP contribution in [0.3, 0.4) is 0 Å². The van der Waals surface area contributed by atoms with Crippen molar-refractivity contribution in [2.24, 2.45) is 0 Å². The maximum absolute atomic E-state index is 11.8. The van der Waals surface area contributed by atoms with Gasteiger partial charge in [0.2, 0.25) is 5.91 Å². The predicted molar refractivity (Wildman–Crippen MR) is 115 cm³/mol. The second kappa shape index (κ2) is 19.8. The summed E-state index contributed by atoms with van der Waals surface area (Å²) < 4.78 is 31.7. The van der Waals surface area contributed by atoms with Crippen LogP contribution in [0.4, 0.5) is 13.2 Å². The summed E-state index contributed by atoms with van der Waals surface area (Å²) in [6.45, 7) is 8.01. The highest BCUT2D eigenvalue weighted by molar-refractivity contribution is 8.76. The molecular weight excluding hydrogens is 445 g/mol. The maximum atomic E-state index is 11.8. The molecular formula is C18H33F3N2O5S2. The number of carbonyl (C=O) groups is 3. The number of aliphatic carboxylic acids is 2. The molecule has 0 aliphatic rings. The van der Waals surface area contributed by atoms with E-state index in [1.807, 2.05) is 0 Å². The number of carbonyl (C=O) groups excluding carboxylic acids is 1. The predicted octanol–water partition coefficient (Wildman–Crippen LogP) is 3.88. The van der Waals surface area contributed by atoms with E-state index in [1.165, 1.54) is 19.3 Å². The lowest BCUT2D eigenvalue weighted by Crippen LogP contribution is -2.32. The second-order valence-corrected chi connectivity index (χ2v) is 8.94. The summed E-state index contributed by atoms with van der Waals surface area (Å²) in [6, 6.07) is 0. The van der Waals surface area contributed by atoms with Gasteiger partial charge in [-0.3, -0.25) is 9.59 Å². The van der Waals surface area contributed by atoms with Crippen LogP contribution in [-0.4, -0.2) is 76.8 Å². The van der Waals surface area contributed by atoms with Crippen molar-refractivity contribution in [2.45, 2.75) is 58.5 Å². The molecule has 1 amide bonds. The quantitative estimate of drug-likeness (QED) is 0.227. The Balaban J connectivity index is 0. The van der Waals surface area contributed by atoms with Gasteiger partial charge in [0.15, 0.2) is 0 Å². The highest BCUT2D eigenvalue weighted by Gasteiger charge is 2.38. The topological polar surface area (TPSA) is 107 Å². The summed E-state index contributed by atoms with van der Waals surface area (Å²) >= 11 is 0. The molecule has 0 unspecified atom stereocenters. The van der Waals surface area contributed by atoms with E-state index < -0.39 is 18.1 Å². The molecule has 0 spiro atoms. The van der Waals surface area contributed by atoms with Gasteiger partial charge in [-0.15, -0.1) is 0 Å². The van der Waals surface area contributed by atoms with Crippen molar-refractivity contribution >= 4 is 39.4 Å². The minimum absolute atomic E-state index is 0.109. The Bertz CT molecular complexity index is 483. The van der Waals surface area contributed by atoms with Crippen molar-refractivity contribution in [1.29, 1.82) is 0 Å². The zero-order valence-electron chi connectivity index (χ0n) is 17.5. The van der Waals surface area contributed by atoms with E-state index in [0.29, 0.717) is 18.7 Å². The van der Waals surface area contributed by atoms with E-state index >= 15 is 0 Å². The molecule has 0 aromatic heterocycles. The monoisotopic (exact) mass is 478 g/mol. The molecule has 0 aromatic carbocycles. The van der Waals surface area contributed by atoms with Crippen molar-refractivity contribution in [1.82, 2.24) is 10.2 Å². The molecule has 0 radical (unpaired) electrons. The van der Waals surface area contributed by atoms with Crippen LogP contribution in [0, 0.1) is 0 Å². The third-order valence-corrected chi connectivity index (χ3v) is 5.91.